The first-order valence-electron chi connectivity index (χ1n) is 6.97. The number of hydrogen-bond acceptors (Lipinski definition) is 2. The van der Waals surface area contributed by atoms with Gasteiger partial charge in [-0.1, -0.05) is 58.4 Å². The van der Waals surface area contributed by atoms with Crippen LogP contribution in [0.1, 0.15) is 22.7 Å². The average Bonchev–Trinajstić information content (AvgIpc) is 2.52. The minimum atomic E-state index is 0.109. The Balaban J connectivity index is 2.21. The molecule has 0 saturated heterocycles. The number of aryl methyl sites for hydroxylation is 1. The lowest BCUT2D eigenvalue weighted by Crippen LogP contribution is -2.19. The molecule has 3 rings (SSSR count). The van der Waals surface area contributed by atoms with Gasteiger partial charge >= 0.3 is 0 Å². The van der Waals surface area contributed by atoms with Crippen LogP contribution >= 0.6 is 15.9 Å². The SMILES string of the molecule is CNC(c1cccc(C)c1Br)c1cncc2ccccc12. The van der Waals surface area contributed by atoms with Gasteiger partial charge in [-0.05, 0) is 36.0 Å². The summed E-state index contributed by atoms with van der Waals surface area (Å²) in [4.78, 5) is 4.40. The molecule has 0 aliphatic heterocycles. The lowest BCUT2D eigenvalue weighted by molar-refractivity contribution is 0.690. The Kier molecular flexibility index (Phi) is 4.04. The molecule has 0 fully saturated rings. The van der Waals surface area contributed by atoms with Crippen LogP contribution in [0.5, 0.6) is 0 Å². The summed E-state index contributed by atoms with van der Waals surface area (Å²) >= 11 is 3.72. The normalized spacial score (nSPS) is 12.5. The molecule has 1 atom stereocenters. The quantitative estimate of drug-likeness (QED) is 0.752. The highest BCUT2D eigenvalue weighted by Gasteiger charge is 2.18. The molecule has 0 aliphatic carbocycles. The summed E-state index contributed by atoms with van der Waals surface area (Å²) in [7, 11) is 1.99. The predicted octanol–water partition coefficient (Wildman–Crippen LogP) is 4.61. The average molecular weight is 341 g/mol. The molecule has 1 heterocycles. The molecule has 0 amide bonds. The van der Waals surface area contributed by atoms with Crippen LogP contribution in [0.3, 0.4) is 0 Å². The van der Waals surface area contributed by atoms with Crippen LogP contribution < -0.4 is 5.32 Å². The van der Waals surface area contributed by atoms with Gasteiger partial charge in [0.2, 0.25) is 0 Å². The van der Waals surface area contributed by atoms with Crippen LogP contribution in [-0.4, -0.2) is 12.0 Å². The van der Waals surface area contributed by atoms with Gasteiger partial charge in [0, 0.05) is 22.3 Å². The number of pyridine rings is 1. The maximum absolute atomic E-state index is 4.40. The maximum atomic E-state index is 4.40. The smallest absolute Gasteiger partial charge is 0.0607 e. The van der Waals surface area contributed by atoms with Gasteiger partial charge in [0.1, 0.15) is 0 Å². The second-order valence-electron chi connectivity index (χ2n) is 5.15. The molecule has 1 N–H and O–H groups in total. The van der Waals surface area contributed by atoms with E-state index in [1.165, 1.54) is 27.5 Å². The van der Waals surface area contributed by atoms with E-state index in [1.54, 1.807) is 0 Å². The Labute approximate surface area is 133 Å². The zero-order chi connectivity index (χ0) is 14.8. The van der Waals surface area contributed by atoms with E-state index in [2.05, 4.69) is 69.6 Å². The lowest BCUT2D eigenvalue weighted by Gasteiger charge is -2.21. The molecular formula is C18H17BrN2. The van der Waals surface area contributed by atoms with Crippen LogP contribution in [0.4, 0.5) is 0 Å². The van der Waals surface area contributed by atoms with Crippen molar-refractivity contribution in [1.82, 2.24) is 10.3 Å². The predicted molar refractivity (Wildman–Crippen MR) is 91.5 cm³/mol. The number of halogens is 1. The zero-order valence-corrected chi connectivity index (χ0v) is 13.7. The van der Waals surface area contributed by atoms with Crippen LogP contribution in [0.25, 0.3) is 10.8 Å². The first kappa shape index (κ1) is 14.2. The van der Waals surface area contributed by atoms with E-state index in [1.807, 2.05) is 25.5 Å². The molecule has 3 heteroatoms. The number of nitrogens with zero attached hydrogens (tertiary/aromatic N) is 1. The second-order valence-corrected chi connectivity index (χ2v) is 5.94. The molecule has 3 aromatic rings. The van der Waals surface area contributed by atoms with Crippen molar-refractivity contribution in [1.29, 1.82) is 0 Å². The van der Waals surface area contributed by atoms with Crippen LogP contribution in [0, 0.1) is 6.92 Å². The third kappa shape index (κ3) is 2.59. The first-order valence-corrected chi connectivity index (χ1v) is 7.76. The molecule has 0 spiro atoms. The van der Waals surface area contributed by atoms with Gasteiger partial charge in [0.15, 0.2) is 0 Å². The third-order valence-electron chi connectivity index (χ3n) is 3.83. The molecule has 0 saturated carbocycles. The molecule has 1 aromatic heterocycles. The maximum Gasteiger partial charge on any atom is 0.0607 e. The fourth-order valence-electron chi connectivity index (χ4n) is 2.74. The van der Waals surface area contributed by atoms with Gasteiger partial charge < -0.3 is 5.32 Å². The molecular weight excluding hydrogens is 324 g/mol. The van der Waals surface area contributed by atoms with E-state index in [0.29, 0.717) is 0 Å². The van der Waals surface area contributed by atoms with Crippen molar-refractivity contribution >= 4 is 26.7 Å². The van der Waals surface area contributed by atoms with Gasteiger partial charge in [-0.3, -0.25) is 4.98 Å². The lowest BCUT2D eigenvalue weighted by atomic mass is 9.95. The van der Waals surface area contributed by atoms with E-state index in [9.17, 15) is 0 Å². The van der Waals surface area contributed by atoms with Gasteiger partial charge in [0.05, 0.1) is 6.04 Å². The number of nitrogens with one attached hydrogen (secondary N) is 1. The standard InChI is InChI=1S/C18H17BrN2/c1-12-6-5-9-15(17(12)19)18(20-2)16-11-21-10-13-7-3-4-8-14(13)16/h3-11,18,20H,1-2H3. The topological polar surface area (TPSA) is 24.9 Å². The third-order valence-corrected chi connectivity index (χ3v) is 4.91. The Bertz CT molecular complexity index is 778. The molecule has 0 bridgehead atoms. The van der Waals surface area contributed by atoms with Crippen molar-refractivity contribution in [3.8, 4) is 0 Å². The van der Waals surface area contributed by atoms with Crippen LogP contribution in [0.2, 0.25) is 0 Å². The summed E-state index contributed by atoms with van der Waals surface area (Å²) in [5.74, 6) is 0. The van der Waals surface area contributed by atoms with E-state index in [4.69, 9.17) is 0 Å². The fourth-order valence-corrected chi connectivity index (χ4v) is 3.23. The monoisotopic (exact) mass is 340 g/mol. The minimum absolute atomic E-state index is 0.109. The molecule has 21 heavy (non-hydrogen) atoms. The van der Waals surface area contributed by atoms with Gasteiger partial charge in [-0.2, -0.15) is 0 Å². The molecule has 1 unspecified atom stereocenters. The molecule has 2 aromatic carbocycles. The number of aromatic nitrogens is 1. The van der Waals surface area contributed by atoms with E-state index in [-0.39, 0.29) is 6.04 Å². The highest BCUT2D eigenvalue weighted by Crippen LogP contribution is 2.33. The Morgan fingerprint density at radius 2 is 1.81 bits per heavy atom. The molecule has 2 nitrogen and oxygen atoms in total. The summed E-state index contributed by atoms with van der Waals surface area (Å²) in [5, 5.41) is 5.83. The minimum Gasteiger partial charge on any atom is -0.309 e. The summed E-state index contributed by atoms with van der Waals surface area (Å²) in [6, 6.07) is 14.8. The molecule has 0 radical (unpaired) electrons. The highest BCUT2D eigenvalue weighted by atomic mass is 79.9. The van der Waals surface area contributed by atoms with Crippen molar-refractivity contribution in [2.24, 2.45) is 0 Å². The zero-order valence-electron chi connectivity index (χ0n) is 12.1. The summed E-state index contributed by atoms with van der Waals surface area (Å²) < 4.78 is 1.15. The number of benzene rings is 2. The Hall–Kier alpha value is -1.71. The van der Waals surface area contributed by atoms with Crippen molar-refractivity contribution < 1.29 is 0 Å². The molecule has 106 valence electrons. The van der Waals surface area contributed by atoms with E-state index in [0.717, 1.165) is 4.47 Å². The van der Waals surface area contributed by atoms with Gasteiger partial charge in [-0.15, -0.1) is 0 Å². The number of fused-ring (bicyclic) bond motifs is 1. The molecule has 0 aliphatic rings. The summed E-state index contributed by atoms with van der Waals surface area (Å²) in [6.07, 6.45) is 3.87. The van der Waals surface area contributed by atoms with Crippen molar-refractivity contribution in [3.05, 3.63) is 76.0 Å². The fraction of sp³-hybridized carbons (Fsp3) is 0.167. The van der Waals surface area contributed by atoms with Crippen molar-refractivity contribution in [2.75, 3.05) is 7.05 Å². The van der Waals surface area contributed by atoms with E-state index < -0.39 is 0 Å². The number of rotatable bonds is 3. The van der Waals surface area contributed by atoms with Gasteiger partial charge in [-0.25, -0.2) is 0 Å². The Morgan fingerprint density at radius 3 is 2.62 bits per heavy atom. The highest BCUT2D eigenvalue weighted by molar-refractivity contribution is 9.10. The van der Waals surface area contributed by atoms with Crippen LogP contribution in [0.15, 0.2) is 59.3 Å². The second kappa shape index (κ2) is 5.96. The largest absolute Gasteiger partial charge is 0.309 e. The van der Waals surface area contributed by atoms with Gasteiger partial charge in [0.25, 0.3) is 0 Å². The van der Waals surface area contributed by atoms with Crippen LogP contribution in [-0.2, 0) is 0 Å². The van der Waals surface area contributed by atoms with Crippen molar-refractivity contribution in [3.63, 3.8) is 0 Å². The number of hydrogen-bond donors (Lipinski definition) is 1. The van der Waals surface area contributed by atoms with Crippen molar-refractivity contribution in [2.45, 2.75) is 13.0 Å². The van der Waals surface area contributed by atoms with E-state index >= 15 is 0 Å². The summed E-state index contributed by atoms with van der Waals surface area (Å²) in [6.45, 7) is 2.11. The Morgan fingerprint density at radius 1 is 1.00 bits per heavy atom. The summed E-state index contributed by atoms with van der Waals surface area (Å²) in [5.41, 5.74) is 3.67. The first-order chi connectivity index (χ1) is 10.2.